The molecule has 0 aromatic heterocycles. The number of anilines is 1. The van der Waals surface area contributed by atoms with Crippen molar-refractivity contribution in [3.63, 3.8) is 0 Å². The molecule has 0 radical (unpaired) electrons. The van der Waals surface area contributed by atoms with Crippen molar-refractivity contribution in [3.8, 4) is 5.75 Å². The van der Waals surface area contributed by atoms with Crippen LogP contribution < -0.4 is 9.46 Å². The first-order chi connectivity index (χ1) is 12.2. The largest absolute Gasteiger partial charge is 0.496 e. The van der Waals surface area contributed by atoms with E-state index in [1.807, 2.05) is 0 Å². The quantitative estimate of drug-likeness (QED) is 0.715. The zero-order valence-electron chi connectivity index (χ0n) is 13.7. The van der Waals surface area contributed by atoms with Crippen molar-refractivity contribution in [1.82, 2.24) is 0 Å². The first-order valence-electron chi connectivity index (χ1n) is 7.07. The second-order valence-corrected chi connectivity index (χ2v) is 7.67. The van der Waals surface area contributed by atoms with Crippen molar-refractivity contribution in [3.05, 3.63) is 57.3 Å². The number of hydrogen-bond acceptors (Lipinski definition) is 5. The van der Waals surface area contributed by atoms with Crippen LogP contribution in [0, 0.1) is 5.82 Å². The summed E-state index contributed by atoms with van der Waals surface area (Å²) in [5, 5.41) is -0.137. The summed E-state index contributed by atoms with van der Waals surface area (Å²) in [6, 6.07) is 6.18. The van der Waals surface area contributed by atoms with E-state index in [1.54, 1.807) is 0 Å². The summed E-state index contributed by atoms with van der Waals surface area (Å²) in [7, 11) is -1.42. The fourth-order valence-electron chi connectivity index (χ4n) is 2.12. The SMILES string of the molecule is COC(=O)c1cc(Cl)c(NS(=O)(=O)Cc2ccc(Cl)c(F)c2)cc1OC. The van der Waals surface area contributed by atoms with Gasteiger partial charge in [0.1, 0.15) is 17.1 Å². The molecule has 26 heavy (non-hydrogen) atoms. The van der Waals surface area contributed by atoms with E-state index in [2.05, 4.69) is 9.46 Å². The highest BCUT2D eigenvalue weighted by atomic mass is 35.5. The molecule has 2 rings (SSSR count). The van der Waals surface area contributed by atoms with Crippen LogP contribution in [0.25, 0.3) is 0 Å². The van der Waals surface area contributed by atoms with Crippen LogP contribution in [-0.4, -0.2) is 28.6 Å². The summed E-state index contributed by atoms with van der Waals surface area (Å²) in [6.45, 7) is 0. The fraction of sp³-hybridized carbons (Fsp3) is 0.188. The molecule has 0 aliphatic heterocycles. The number of sulfonamides is 1. The lowest BCUT2D eigenvalue weighted by molar-refractivity contribution is 0.0597. The molecule has 0 bridgehead atoms. The number of esters is 1. The van der Waals surface area contributed by atoms with Crippen LogP contribution in [0.3, 0.4) is 0 Å². The van der Waals surface area contributed by atoms with Crippen LogP contribution in [0.4, 0.5) is 10.1 Å². The lowest BCUT2D eigenvalue weighted by Gasteiger charge is -2.13. The van der Waals surface area contributed by atoms with E-state index >= 15 is 0 Å². The second-order valence-electron chi connectivity index (χ2n) is 5.13. The topological polar surface area (TPSA) is 81.7 Å². The smallest absolute Gasteiger partial charge is 0.341 e. The van der Waals surface area contributed by atoms with Crippen molar-refractivity contribution in [1.29, 1.82) is 0 Å². The maximum absolute atomic E-state index is 13.5. The molecule has 0 unspecified atom stereocenters. The number of methoxy groups -OCH3 is 2. The van der Waals surface area contributed by atoms with Crippen LogP contribution in [0.2, 0.25) is 10.0 Å². The van der Waals surface area contributed by atoms with Crippen molar-refractivity contribution >= 4 is 44.9 Å². The number of hydrogen-bond donors (Lipinski definition) is 1. The van der Waals surface area contributed by atoms with E-state index in [4.69, 9.17) is 27.9 Å². The van der Waals surface area contributed by atoms with E-state index < -0.39 is 27.6 Å². The van der Waals surface area contributed by atoms with Gasteiger partial charge in [-0.2, -0.15) is 0 Å². The molecule has 0 saturated heterocycles. The predicted octanol–water partition coefficient (Wildman–Crippen LogP) is 3.87. The normalized spacial score (nSPS) is 11.1. The number of ether oxygens (including phenoxy) is 2. The summed E-state index contributed by atoms with van der Waals surface area (Å²) < 4.78 is 50.1. The maximum Gasteiger partial charge on any atom is 0.341 e. The van der Waals surface area contributed by atoms with Gasteiger partial charge in [0.15, 0.2) is 0 Å². The minimum absolute atomic E-state index is 0.00519. The van der Waals surface area contributed by atoms with Gasteiger partial charge in [-0.1, -0.05) is 29.3 Å². The van der Waals surface area contributed by atoms with Gasteiger partial charge in [0, 0.05) is 6.07 Å². The van der Waals surface area contributed by atoms with Gasteiger partial charge in [-0.15, -0.1) is 0 Å². The highest BCUT2D eigenvalue weighted by Gasteiger charge is 2.20. The fourth-order valence-corrected chi connectivity index (χ4v) is 3.70. The number of carbonyl (C=O) groups excluding carboxylic acids is 1. The molecule has 0 saturated carbocycles. The standard InChI is InChI=1S/C16H14Cl2FNO5S/c1-24-15-7-14(12(18)6-10(15)16(21)25-2)20-26(22,23)8-9-3-4-11(17)13(19)5-9/h3-7,20H,8H2,1-2H3. The summed E-state index contributed by atoms with van der Waals surface area (Å²) in [6.07, 6.45) is 0. The Morgan fingerprint density at radius 2 is 1.85 bits per heavy atom. The Balaban J connectivity index is 2.31. The van der Waals surface area contributed by atoms with Crippen LogP contribution in [0.15, 0.2) is 30.3 Å². The van der Waals surface area contributed by atoms with Crippen LogP contribution in [-0.2, 0) is 20.5 Å². The number of carbonyl (C=O) groups is 1. The van der Waals surface area contributed by atoms with Gasteiger partial charge in [0.25, 0.3) is 0 Å². The lowest BCUT2D eigenvalue weighted by Crippen LogP contribution is -2.16. The minimum Gasteiger partial charge on any atom is -0.496 e. The van der Waals surface area contributed by atoms with E-state index in [0.717, 1.165) is 6.07 Å². The van der Waals surface area contributed by atoms with Gasteiger partial charge < -0.3 is 9.47 Å². The zero-order chi connectivity index (χ0) is 19.5. The van der Waals surface area contributed by atoms with Crippen LogP contribution in [0.1, 0.15) is 15.9 Å². The lowest BCUT2D eigenvalue weighted by atomic mass is 10.2. The van der Waals surface area contributed by atoms with E-state index in [-0.39, 0.29) is 32.6 Å². The predicted molar refractivity (Wildman–Crippen MR) is 97.0 cm³/mol. The minimum atomic E-state index is -3.92. The number of halogens is 3. The third-order valence-corrected chi connectivity index (χ3v) is 5.16. The molecule has 0 aliphatic rings. The molecule has 0 fully saturated rings. The molecule has 6 nitrogen and oxygen atoms in total. The molecular formula is C16H14Cl2FNO5S. The molecule has 0 amide bonds. The average molecular weight is 422 g/mol. The van der Waals surface area contributed by atoms with E-state index in [1.165, 1.54) is 38.5 Å². The molecule has 0 aliphatic carbocycles. The highest BCUT2D eigenvalue weighted by molar-refractivity contribution is 7.91. The van der Waals surface area contributed by atoms with Crippen molar-refractivity contribution in [2.45, 2.75) is 5.75 Å². The van der Waals surface area contributed by atoms with Gasteiger partial charge >= 0.3 is 5.97 Å². The third-order valence-electron chi connectivity index (χ3n) is 3.30. The third kappa shape index (κ3) is 4.78. The monoisotopic (exact) mass is 421 g/mol. The Morgan fingerprint density at radius 1 is 1.15 bits per heavy atom. The van der Waals surface area contributed by atoms with Gasteiger partial charge in [-0.25, -0.2) is 17.6 Å². The second kappa shape index (κ2) is 8.11. The Bertz CT molecular complexity index is 950. The van der Waals surface area contributed by atoms with Gasteiger partial charge in [0.05, 0.1) is 35.7 Å². The van der Waals surface area contributed by atoms with Crippen LogP contribution >= 0.6 is 23.2 Å². The highest BCUT2D eigenvalue weighted by Crippen LogP contribution is 2.32. The van der Waals surface area contributed by atoms with E-state index in [0.29, 0.717) is 0 Å². The molecule has 140 valence electrons. The van der Waals surface area contributed by atoms with Gasteiger partial charge in [-0.05, 0) is 23.8 Å². The van der Waals surface area contributed by atoms with E-state index in [9.17, 15) is 17.6 Å². The van der Waals surface area contributed by atoms with Crippen molar-refractivity contribution in [2.75, 3.05) is 18.9 Å². The summed E-state index contributed by atoms with van der Waals surface area (Å²) >= 11 is 11.6. The Morgan fingerprint density at radius 3 is 2.42 bits per heavy atom. The molecule has 0 heterocycles. The summed E-state index contributed by atoms with van der Waals surface area (Å²) in [4.78, 5) is 11.7. The first kappa shape index (κ1) is 20.3. The molecule has 1 N–H and O–H groups in total. The molecule has 0 spiro atoms. The molecule has 2 aromatic carbocycles. The number of nitrogens with one attached hydrogen (secondary N) is 1. The van der Waals surface area contributed by atoms with Crippen molar-refractivity contribution < 1.29 is 27.1 Å². The Kier molecular flexibility index (Phi) is 6.33. The number of rotatable bonds is 6. The molecule has 0 atom stereocenters. The van der Waals surface area contributed by atoms with Crippen molar-refractivity contribution in [2.24, 2.45) is 0 Å². The van der Waals surface area contributed by atoms with Crippen LogP contribution in [0.5, 0.6) is 5.75 Å². The zero-order valence-corrected chi connectivity index (χ0v) is 16.0. The maximum atomic E-state index is 13.5. The Hall–Kier alpha value is -2.03. The summed E-state index contributed by atoms with van der Waals surface area (Å²) in [5.41, 5.74) is 0.252. The average Bonchev–Trinajstić information content (AvgIpc) is 2.58. The molecular weight excluding hydrogens is 408 g/mol. The van der Waals surface area contributed by atoms with Gasteiger partial charge in [-0.3, -0.25) is 4.72 Å². The van der Waals surface area contributed by atoms with Gasteiger partial charge in [0.2, 0.25) is 10.0 Å². The molecule has 10 heteroatoms. The first-order valence-corrected chi connectivity index (χ1v) is 9.48. The Labute approximate surface area is 159 Å². The molecule has 2 aromatic rings. The summed E-state index contributed by atoms with van der Waals surface area (Å²) in [5.74, 6) is -1.83. The number of benzene rings is 2.